The summed E-state index contributed by atoms with van der Waals surface area (Å²) in [5, 5.41) is 8.81. The summed E-state index contributed by atoms with van der Waals surface area (Å²) in [7, 11) is 0. The number of ether oxygens (including phenoxy) is 1. The Morgan fingerprint density at radius 3 is 2.42 bits per heavy atom. The van der Waals surface area contributed by atoms with E-state index in [9.17, 15) is 13.2 Å². The molecule has 1 fully saturated rings. The molecule has 0 aromatic heterocycles. The Hall–Kier alpha value is -1.90. The van der Waals surface area contributed by atoms with Gasteiger partial charge in [-0.25, -0.2) is 0 Å². The second-order valence-electron chi connectivity index (χ2n) is 4.41. The molecule has 0 unspecified atom stereocenters. The van der Waals surface area contributed by atoms with Crippen LogP contribution >= 0.6 is 0 Å². The highest BCUT2D eigenvalue weighted by molar-refractivity contribution is 5.58. The summed E-state index contributed by atoms with van der Waals surface area (Å²) in [5.74, 6) is -0.197. The van der Waals surface area contributed by atoms with Crippen molar-refractivity contribution in [3.63, 3.8) is 0 Å². The third kappa shape index (κ3) is 3.53. The molecule has 6 heteroatoms. The van der Waals surface area contributed by atoms with E-state index in [0.29, 0.717) is 31.6 Å². The third-order valence-electron chi connectivity index (χ3n) is 3.11. The van der Waals surface area contributed by atoms with Crippen LogP contribution in [0, 0.1) is 17.2 Å². The number of halogens is 3. The van der Waals surface area contributed by atoms with Crippen LogP contribution in [0.3, 0.4) is 0 Å². The minimum Gasteiger partial charge on any atom is -0.404 e. The zero-order valence-corrected chi connectivity index (χ0v) is 10.2. The Kier molecular flexibility index (Phi) is 3.84. The first-order valence-electron chi connectivity index (χ1n) is 5.99. The number of rotatable bonds is 2. The molecule has 1 heterocycles. The summed E-state index contributed by atoms with van der Waals surface area (Å²) in [6.07, 6.45) is -3.37. The van der Waals surface area contributed by atoms with Crippen molar-refractivity contribution in [2.45, 2.75) is 19.2 Å². The lowest BCUT2D eigenvalue weighted by Gasteiger charge is -2.32. The molecule has 19 heavy (non-hydrogen) atoms. The smallest absolute Gasteiger partial charge is 0.404 e. The van der Waals surface area contributed by atoms with Gasteiger partial charge in [-0.05, 0) is 25.0 Å². The van der Waals surface area contributed by atoms with Crippen LogP contribution < -0.4 is 9.64 Å². The van der Waals surface area contributed by atoms with Gasteiger partial charge in [0.1, 0.15) is 0 Å². The topological polar surface area (TPSA) is 36.3 Å². The van der Waals surface area contributed by atoms with Crippen LogP contribution in [0.25, 0.3) is 0 Å². The molecule has 1 saturated heterocycles. The summed E-state index contributed by atoms with van der Waals surface area (Å²) in [6, 6.07) is 8.28. The number of nitriles is 1. The fourth-order valence-corrected chi connectivity index (χ4v) is 2.18. The number of alkyl halides is 3. The van der Waals surface area contributed by atoms with Gasteiger partial charge in [0.15, 0.2) is 5.75 Å². The molecule has 102 valence electrons. The highest BCUT2D eigenvalue weighted by Gasteiger charge is 2.33. The van der Waals surface area contributed by atoms with Crippen molar-refractivity contribution in [1.29, 1.82) is 5.26 Å². The largest absolute Gasteiger partial charge is 0.573 e. The van der Waals surface area contributed by atoms with Crippen LogP contribution in [0.5, 0.6) is 5.75 Å². The molecule has 1 aromatic rings. The van der Waals surface area contributed by atoms with E-state index in [4.69, 9.17) is 5.26 Å². The number of nitrogens with zero attached hydrogens (tertiary/aromatic N) is 2. The van der Waals surface area contributed by atoms with Gasteiger partial charge in [0, 0.05) is 19.0 Å². The summed E-state index contributed by atoms with van der Waals surface area (Å²) < 4.78 is 41.0. The number of hydrogen-bond donors (Lipinski definition) is 0. The van der Waals surface area contributed by atoms with Crippen LogP contribution in [0.4, 0.5) is 18.9 Å². The zero-order chi connectivity index (χ0) is 13.9. The van der Waals surface area contributed by atoms with Gasteiger partial charge in [-0.2, -0.15) is 5.26 Å². The van der Waals surface area contributed by atoms with Gasteiger partial charge in [-0.15, -0.1) is 13.2 Å². The van der Waals surface area contributed by atoms with Crippen molar-refractivity contribution in [2.75, 3.05) is 18.0 Å². The first kappa shape index (κ1) is 13.5. The van der Waals surface area contributed by atoms with Gasteiger partial charge >= 0.3 is 6.36 Å². The standard InChI is InChI=1S/C13H13F3N2O/c14-13(15,16)19-12-4-2-1-3-11(12)18-7-5-10(9-17)6-8-18/h1-4,10H,5-8H2. The molecule has 3 nitrogen and oxygen atoms in total. The molecule has 2 rings (SSSR count). The van der Waals surface area contributed by atoms with E-state index in [1.165, 1.54) is 12.1 Å². The molecule has 0 atom stereocenters. The van der Waals surface area contributed by atoms with E-state index in [1.807, 2.05) is 4.90 Å². The zero-order valence-electron chi connectivity index (χ0n) is 10.2. The highest BCUT2D eigenvalue weighted by atomic mass is 19.4. The summed E-state index contributed by atoms with van der Waals surface area (Å²) in [6.45, 7) is 1.13. The van der Waals surface area contributed by atoms with Crippen LogP contribution in [-0.4, -0.2) is 19.5 Å². The van der Waals surface area contributed by atoms with Crippen LogP contribution in [0.15, 0.2) is 24.3 Å². The number of piperidine rings is 1. The number of anilines is 1. The molecule has 0 spiro atoms. The fourth-order valence-electron chi connectivity index (χ4n) is 2.18. The maximum Gasteiger partial charge on any atom is 0.573 e. The second kappa shape index (κ2) is 5.39. The molecule has 0 amide bonds. The van der Waals surface area contributed by atoms with E-state index < -0.39 is 6.36 Å². The minimum atomic E-state index is -4.69. The first-order chi connectivity index (χ1) is 8.99. The van der Waals surface area contributed by atoms with E-state index in [1.54, 1.807) is 12.1 Å². The summed E-state index contributed by atoms with van der Waals surface area (Å²) in [5.41, 5.74) is 0.427. The van der Waals surface area contributed by atoms with E-state index in [2.05, 4.69) is 10.8 Å². The SMILES string of the molecule is N#CC1CCN(c2ccccc2OC(F)(F)F)CC1. The lowest BCUT2D eigenvalue weighted by atomic mass is 9.98. The molecular weight excluding hydrogens is 257 g/mol. The van der Waals surface area contributed by atoms with Gasteiger partial charge in [0.05, 0.1) is 11.8 Å². The first-order valence-corrected chi connectivity index (χ1v) is 5.99. The van der Waals surface area contributed by atoms with E-state index in [-0.39, 0.29) is 11.7 Å². The molecule has 0 bridgehead atoms. The Balaban J connectivity index is 2.15. The molecule has 1 aliphatic rings. The van der Waals surface area contributed by atoms with Crippen LogP contribution in [0.2, 0.25) is 0 Å². The fraction of sp³-hybridized carbons (Fsp3) is 0.462. The summed E-state index contributed by atoms with van der Waals surface area (Å²) >= 11 is 0. The Bertz CT molecular complexity index is 474. The molecule has 0 radical (unpaired) electrons. The summed E-state index contributed by atoms with van der Waals surface area (Å²) in [4.78, 5) is 1.83. The van der Waals surface area contributed by atoms with Crippen LogP contribution in [-0.2, 0) is 0 Å². The van der Waals surface area contributed by atoms with Gasteiger partial charge in [0.2, 0.25) is 0 Å². The number of hydrogen-bond acceptors (Lipinski definition) is 3. The van der Waals surface area contributed by atoms with Crippen molar-refractivity contribution in [1.82, 2.24) is 0 Å². The van der Waals surface area contributed by atoms with Crippen molar-refractivity contribution < 1.29 is 17.9 Å². The average molecular weight is 270 g/mol. The molecule has 1 aliphatic heterocycles. The predicted octanol–water partition coefficient (Wildman–Crippen LogP) is 3.33. The van der Waals surface area contributed by atoms with Crippen molar-refractivity contribution in [2.24, 2.45) is 5.92 Å². The van der Waals surface area contributed by atoms with Crippen molar-refractivity contribution >= 4 is 5.69 Å². The van der Waals surface area contributed by atoms with Crippen LogP contribution in [0.1, 0.15) is 12.8 Å². The lowest BCUT2D eigenvalue weighted by molar-refractivity contribution is -0.274. The Morgan fingerprint density at radius 2 is 1.84 bits per heavy atom. The monoisotopic (exact) mass is 270 g/mol. The van der Waals surface area contributed by atoms with Crippen molar-refractivity contribution in [3.05, 3.63) is 24.3 Å². The van der Waals surface area contributed by atoms with E-state index in [0.717, 1.165) is 0 Å². The van der Waals surface area contributed by atoms with E-state index >= 15 is 0 Å². The van der Waals surface area contributed by atoms with Gasteiger partial charge in [-0.1, -0.05) is 12.1 Å². The molecule has 0 N–H and O–H groups in total. The predicted molar refractivity (Wildman–Crippen MR) is 63.7 cm³/mol. The number of benzene rings is 1. The highest BCUT2D eigenvalue weighted by Crippen LogP contribution is 2.34. The van der Waals surface area contributed by atoms with Gasteiger partial charge < -0.3 is 9.64 Å². The lowest BCUT2D eigenvalue weighted by Crippen LogP contribution is -2.34. The third-order valence-corrected chi connectivity index (χ3v) is 3.11. The normalized spacial score (nSPS) is 17.1. The molecule has 1 aromatic carbocycles. The Labute approximate surface area is 109 Å². The maximum absolute atomic E-state index is 12.3. The van der Waals surface area contributed by atoms with Crippen molar-refractivity contribution in [3.8, 4) is 11.8 Å². The average Bonchev–Trinajstić information content (AvgIpc) is 2.38. The maximum atomic E-state index is 12.3. The van der Waals surface area contributed by atoms with Gasteiger partial charge in [0.25, 0.3) is 0 Å². The molecular formula is C13H13F3N2O. The minimum absolute atomic E-state index is 0.00746. The molecule has 0 saturated carbocycles. The second-order valence-corrected chi connectivity index (χ2v) is 4.41. The van der Waals surface area contributed by atoms with Gasteiger partial charge in [-0.3, -0.25) is 0 Å². The molecule has 0 aliphatic carbocycles. The number of para-hydroxylation sites is 2. The Morgan fingerprint density at radius 1 is 1.21 bits per heavy atom. The quantitative estimate of drug-likeness (QED) is 0.827.